The summed E-state index contributed by atoms with van der Waals surface area (Å²) in [6.07, 6.45) is -0.0640. The zero-order valence-corrected chi connectivity index (χ0v) is 15.4. The van der Waals surface area contributed by atoms with E-state index in [-0.39, 0.29) is 29.4 Å². The van der Waals surface area contributed by atoms with E-state index in [2.05, 4.69) is 15.8 Å². The highest BCUT2D eigenvalue weighted by molar-refractivity contribution is 6.32. The average molecular weight is 392 g/mol. The third-order valence-electron chi connectivity index (χ3n) is 3.43. The van der Waals surface area contributed by atoms with Crippen LogP contribution in [0, 0.1) is 0 Å². The predicted octanol–water partition coefficient (Wildman–Crippen LogP) is 2.89. The van der Waals surface area contributed by atoms with E-state index in [0.717, 1.165) is 6.07 Å². The van der Waals surface area contributed by atoms with Crippen LogP contribution < -0.4 is 15.5 Å². The highest BCUT2D eigenvalue weighted by Crippen LogP contribution is 2.27. The molecule has 0 aromatic heterocycles. The van der Waals surface area contributed by atoms with E-state index in [9.17, 15) is 19.8 Å². The maximum Gasteiger partial charge on any atom is 0.275 e. The Balaban J connectivity index is 1.93. The molecule has 2 amide bonds. The summed E-state index contributed by atoms with van der Waals surface area (Å²) in [6.45, 7) is 1.57. The fourth-order valence-electron chi connectivity index (χ4n) is 2.14. The van der Waals surface area contributed by atoms with Crippen LogP contribution in [-0.2, 0) is 4.79 Å². The van der Waals surface area contributed by atoms with Gasteiger partial charge in [-0.1, -0.05) is 11.6 Å². The van der Waals surface area contributed by atoms with E-state index in [1.807, 2.05) is 0 Å². The number of phenols is 2. The summed E-state index contributed by atoms with van der Waals surface area (Å²) in [5, 5.41) is 25.7. The number of nitrogens with one attached hydrogen (secondary N) is 2. The van der Waals surface area contributed by atoms with E-state index in [1.165, 1.54) is 19.2 Å². The SMILES string of the molecule is COc1ccc(NC(=O)C/C(C)=N\NC(=O)c2ccc(O)cc2O)cc1Cl. The van der Waals surface area contributed by atoms with Crippen LogP contribution in [0.25, 0.3) is 0 Å². The Morgan fingerprint density at radius 2 is 1.93 bits per heavy atom. The third kappa shape index (κ3) is 5.61. The van der Waals surface area contributed by atoms with E-state index in [1.54, 1.807) is 25.1 Å². The average Bonchev–Trinajstić information content (AvgIpc) is 2.59. The lowest BCUT2D eigenvalue weighted by molar-refractivity contribution is -0.115. The highest BCUT2D eigenvalue weighted by Gasteiger charge is 2.12. The van der Waals surface area contributed by atoms with Gasteiger partial charge in [-0.25, -0.2) is 5.43 Å². The summed E-state index contributed by atoms with van der Waals surface area (Å²) in [5.74, 6) is -1.07. The van der Waals surface area contributed by atoms with Crippen molar-refractivity contribution in [3.63, 3.8) is 0 Å². The number of halogens is 1. The summed E-state index contributed by atoms with van der Waals surface area (Å²) < 4.78 is 5.04. The number of carbonyl (C=O) groups is 2. The Hall–Kier alpha value is -3.26. The molecule has 4 N–H and O–H groups in total. The lowest BCUT2D eigenvalue weighted by Gasteiger charge is -2.08. The van der Waals surface area contributed by atoms with Gasteiger partial charge in [0.15, 0.2) is 0 Å². The largest absolute Gasteiger partial charge is 0.508 e. The molecule has 142 valence electrons. The number of aromatic hydroxyl groups is 2. The van der Waals surface area contributed by atoms with Crippen LogP contribution in [0.3, 0.4) is 0 Å². The van der Waals surface area contributed by atoms with Gasteiger partial charge in [-0.15, -0.1) is 0 Å². The number of hydrogen-bond donors (Lipinski definition) is 4. The summed E-state index contributed by atoms with van der Waals surface area (Å²) in [5.41, 5.74) is 3.03. The van der Waals surface area contributed by atoms with Gasteiger partial charge in [0.2, 0.25) is 5.91 Å². The van der Waals surface area contributed by atoms with Crippen molar-refractivity contribution in [3.05, 3.63) is 47.0 Å². The van der Waals surface area contributed by atoms with Gasteiger partial charge in [-0.2, -0.15) is 5.10 Å². The molecule has 0 radical (unpaired) electrons. The van der Waals surface area contributed by atoms with Gasteiger partial charge in [0, 0.05) is 17.5 Å². The molecule has 0 spiro atoms. The van der Waals surface area contributed by atoms with Crippen molar-refractivity contribution in [2.45, 2.75) is 13.3 Å². The second kappa shape index (κ2) is 8.91. The molecule has 0 unspecified atom stereocenters. The van der Waals surface area contributed by atoms with Crippen LogP contribution >= 0.6 is 11.6 Å². The van der Waals surface area contributed by atoms with Gasteiger partial charge in [-0.05, 0) is 37.3 Å². The zero-order chi connectivity index (χ0) is 20.0. The van der Waals surface area contributed by atoms with Crippen LogP contribution in [0.1, 0.15) is 23.7 Å². The molecular formula is C18H18ClN3O5. The second-order valence-corrected chi connectivity index (χ2v) is 5.97. The molecule has 0 atom stereocenters. The number of rotatable bonds is 6. The third-order valence-corrected chi connectivity index (χ3v) is 3.72. The first-order valence-corrected chi connectivity index (χ1v) is 8.17. The van der Waals surface area contributed by atoms with Crippen molar-refractivity contribution < 1.29 is 24.5 Å². The highest BCUT2D eigenvalue weighted by atomic mass is 35.5. The molecule has 0 aliphatic carbocycles. The number of nitrogens with zero attached hydrogens (tertiary/aromatic N) is 1. The number of hydrogen-bond acceptors (Lipinski definition) is 6. The minimum absolute atomic E-state index is 0.0540. The lowest BCUT2D eigenvalue weighted by atomic mass is 10.2. The summed E-state index contributed by atoms with van der Waals surface area (Å²) >= 11 is 6.00. The first-order chi connectivity index (χ1) is 12.8. The molecule has 0 aliphatic rings. The van der Waals surface area contributed by atoms with Gasteiger partial charge in [0.1, 0.15) is 17.2 Å². The van der Waals surface area contributed by atoms with Crippen molar-refractivity contribution in [2.75, 3.05) is 12.4 Å². The number of carbonyl (C=O) groups excluding carboxylic acids is 2. The monoisotopic (exact) mass is 391 g/mol. The van der Waals surface area contributed by atoms with Crippen LogP contribution in [0.15, 0.2) is 41.5 Å². The molecule has 0 bridgehead atoms. The van der Waals surface area contributed by atoms with Crippen molar-refractivity contribution in [2.24, 2.45) is 5.10 Å². The number of anilines is 1. The van der Waals surface area contributed by atoms with E-state index in [0.29, 0.717) is 22.2 Å². The molecular weight excluding hydrogens is 374 g/mol. The van der Waals surface area contributed by atoms with Crippen LogP contribution in [-0.4, -0.2) is 34.8 Å². The molecule has 0 aliphatic heterocycles. The Morgan fingerprint density at radius 1 is 1.19 bits per heavy atom. The van der Waals surface area contributed by atoms with Crippen molar-refractivity contribution in [1.82, 2.24) is 5.43 Å². The topological polar surface area (TPSA) is 120 Å². The van der Waals surface area contributed by atoms with E-state index >= 15 is 0 Å². The molecule has 0 saturated heterocycles. The quantitative estimate of drug-likeness (QED) is 0.445. The number of phenolic OH excluding ortho intramolecular Hbond substituents is 2. The molecule has 8 nitrogen and oxygen atoms in total. The van der Waals surface area contributed by atoms with Crippen molar-refractivity contribution in [1.29, 1.82) is 0 Å². The van der Waals surface area contributed by atoms with Gasteiger partial charge in [0.05, 0.1) is 24.1 Å². The van der Waals surface area contributed by atoms with Crippen LogP contribution in [0.5, 0.6) is 17.2 Å². The zero-order valence-electron chi connectivity index (χ0n) is 14.6. The molecule has 0 fully saturated rings. The Kier molecular flexibility index (Phi) is 6.62. The fourth-order valence-corrected chi connectivity index (χ4v) is 2.40. The van der Waals surface area contributed by atoms with Gasteiger partial charge in [0.25, 0.3) is 5.91 Å². The van der Waals surface area contributed by atoms with E-state index in [4.69, 9.17) is 16.3 Å². The predicted molar refractivity (Wildman–Crippen MR) is 102 cm³/mol. The van der Waals surface area contributed by atoms with Gasteiger partial charge in [-0.3, -0.25) is 9.59 Å². The maximum absolute atomic E-state index is 12.0. The number of amides is 2. The number of methoxy groups -OCH3 is 1. The smallest absolute Gasteiger partial charge is 0.275 e. The molecule has 0 heterocycles. The molecule has 2 aromatic carbocycles. The standard InChI is InChI=1S/C18H18ClN3O5/c1-10(21-22-18(26)13-5-4-12(23)9-15(13)24)7-17(25)20-11-3-6-16(27-2)14(19)8-11/h3-6,8-9,23-24H,7H2,1-2H3,(H,20,25)(H,22,26)/b21-10-. The molecule has 0 saturated carbocycles. The summed E-state index contributed by atoms with van der Waals surface area (Å²) in [6, 6.07) is 8.39. The second-order valence-electron chi connectivity index (χ2n) is 5.56. The Labute approximate surface area is 160 Å². The lowest BCUT2D eigenvalue weighted by Crippen LogP contribution is -2.21. The maximum atomic E-state index is 12.0. The summed E-state index contributed by atoms with van der Waals surface area (Å²) in [7, 11) is 1.49. The van der Waals surface area contributed by atoms with Crippen LogP contribution in [0.4, 0.5) is 5.69 Å². The first kappa shape index (κ1) is 20.1. The van der Waals surface area contributed by atoms with Crippen molar-refractivity contribution >= 4 is 34.8 Å². The number of ether oxygens (including phenoxy) is 1. The van der Waals surface area contributed by atoms with Gasteiger partial charge < -0.3 is 20.3 Å². The minimum atomic E-state index is -0.672. The Bertz CT molecular complexity index is 899. The van der Waals surface area contributed by atoms with Gasteiger partial charge >= 0.3 is 0 Å². The normalized spacial score (nSPS) is 11.0. The number of benzene rings is 2. The van der Waals surface area contributed by atoms with Crippen LogP contribution in [0.2, 0.25) is 5.02 Å². The molecule has 27 heavy (non-hydrogen) atoms. The summed E-state index contributed by atoms with van der Waals surface area (Å²) in [4.78, 5) is 24.0. The number of hydrazone groups is 1. The first-order valence-electron chi connectivity index (χ1n) is 7.79. The fraction of sp³-hybridized carbons (Fsp3) is 0.167. The Morgan fingerprint density at radius 3 is 2.56 bits per heavy atom. The molecule has 9 heteroatoms. The molecule has 2 rings (SSSR count). The van der Waals surface area contributed by atoms with Crippen molar-refractivity contribution in [3.8, 4) is 17.2 Å². The minimum Gasteiger partial charge on any atom is -0.508 e. The molecule has 2 aromatic rings. The van der Waals surface area contributed by atoms with E-state index < -0.39 is 5.91 Å².